The van der Waals surface area contributed by atoms with E-state index < -0.39 is 11.6 Å². The molecule has 0 spiro atoms. The van der Waals surface area contributed by atoms with Gasteiger partial charge in [0, 0.05) is 10.5 Å². The van der Waals surface area contributed by atoms with Crippen LogP contribution in [0.2, 0.25) is 0 Å². The molecule has 8 heteroatoms. The van der Waals surface area contributed by atoms with E-state index in [-0.39, 0.29) is 35.1 Å². The van der Waals surface area contributed by atoms with E-state index in [2.05, 4.69) is 33.0 Å². The number of halogens is 3. The quantitative estimate of drug-likeness (QED) is 0.158. The zero-order chi connectivity index (χ0) is 29.9. The minimum absolute atomic E-state index is 0.0513. The summed E-state index contributed by atoms with van der Waals surface area (Å²) in [6, 6.07) is 26.6. The van der Waals surface area contributed by atoms with Gasteiger partial charge in [-0.15, -0.1) is 0 Å². The fourth-order valence-electron chi connectivity index (χ4n) is 5.73. The minimum Gasteiger partial charge on any atom is -0.466 e. The number of benzene rings is 4. The Hall–Kier alpha value is -4.04. The molecule has 5 nitrogen and oxygen atoms in total. The van der Waals surface area contributed by atoms with Crippen LogP contribution in [-0.2, 0) is 16.1 Å². The molecule has 220 valence electrons. The van der Waals surface area contributed by atoms with Gasteiger partial charge in [0.05, 0.1) is 30.1 Å². The molecule has 1 fully saturated rings. The standard InChI is InChI=1S/C35H31BrF2N2O3/c1-2-42-34(41)26-14-18-28(19-15-26)43-35-39-33-30(20-29(37)31(32(33)38)25-12-16-27(36)17-13-25)40(35)21-22-8-10-24(11-9-22)23-6-4-3-5-7-23/h3-13,16-17,20,26,28H,2,14-15,18-19,21H2,1H3. The first kappa shape index (κ1) is 29.1. The largest absolute Gasteiger partial charge is 0.466 e. The number of ether oxygens (including phenoxy) is 2. The number of carbonyl (C=O) groups excluding carboxylic acids is 1. The number of fused-ring (bicyclic) bond motifs is 1. The molecule has 1 aromatic heterocycles. The highest BCUT2D eigenvalue weighted by Crippen LogP contribution is 2.36. The zero-order valence-corrected chi connectivity index (χ0v) is 25.3. The molecule has 0 atom stereocenters. The Morgan fingerprint density at radius 2 is 1.56 bits per heavy atom. The molecule has 0 aliphatic heterocycles. The first-order chi connectivity index (χ1) is 20.9. The van der Waals surface area contributed by atoms with Crippen LogP contribution in [0.25, 0.3) is 33.3 Å². The Balaban J connectivity index is 1.35. The molecule has 0 bridgehead atoms. The number of hydrogen-bond acceptors (Lipinski definition) is 4. The molecule has 6 rings (SSSR count). The number of rotatable bonds is 8. The third-order valence-corrected chi connectivity index (χ3v) is 8.53. The molecular weight excluding hydrogens is 614 g/mol. The van der Waals surface area contributed by atoms with Crippen molar-refractivity contribution in [1.82, 2.24) is 9.55 Å². The molecule has 5 aromatic rings. The molecule has 0 amide bonds. The van der Waals surface area contributed by atoms with Gasteiger partial charge in [0.2, 0.25) is 0 Å². The maximum Gasteiger partial charge on any atom is 0.308 e. The van der Waals surface area contributed by atoms with E-state index in [0.29, 0.717) is 49.9 Å². The monoisotopic (exact) mass is 644 g/mol. The Morgan fingerprint density at radius 3 is 2.23 bits per heavy atom. The highest BCUT2D eigenvalue weighted by atomic mass is 79.9. The Bertz CT molecular complexity index is 1730. The summed E-state index contributed by atoms with van der Waals surface area (Å²) in [4.78, 5) is 16.8. The molecule has 0 N–H and O–H groups in total. The fraction of sp³-hybridized carbons (Fsp3) is 0.257. The first-order valence-corrected chi connectivity index (χ1v) is 15.3. The molecule has 1 heterocycles. The average molecular weight is 646 g/mol. The highest BCUT2D eigenvalue weighted by Gasteiger charge is 2.30. The maximum absolute atomic E-state index is 16.0. The Labute approximate surface area is 257 Å². The van der Waals surface area contributed by atoms with Gasteiger partial charge in [-0.2, -0.15) is 4.98 Å². The van der Waals surface area contributed by atoms with E-state index in [0.717, 1.165) is 21.2 Å². The van der Waals surface area contributed by atoms with E-state index in [9.17, 15) is 4.79 Å². The molecule has 1 aliphatic rings. The van der Waals surface area contributed by atoms with E-state index in [4.69, 9.17) is 9.47 Å². The lowest BCUT2D eigenvalue weighted by atomic mass is 9.87. The summed E-state index contributed by atoms with van der Waals surface area (Å²) < 4.78 is 45.8. The van der Waals surface area contributed by atoms with Crippen molar-refractivity contribution in [3.8, 4) is 28.3 Å². The number of carbonyl (C=O) groups is 1. The first-order valence-electron chi connectivity index (χ1n) is 14.5. The summed E-state index contributed by atoms with van der Waals surface area (Å²) in [7, 11) is 0. The van der Waals surface area contributed by atoms with Crippen LogP contribution in [0.4, 0.5) is 8.78 Å². The SMILES string of the molecule is CCOC(=O)C1CCC(Oc2nc3c(F)c(-c4ccc(Br)cc4)c(F)cc3n2Cc2ccc(-c3ccccc3)cc2)CC1. The van der Waals surface area contributed by atoms with Crippen LogP contribution in [0.1, 0.15) is 38.2 Å². The summed E-state index contributed by atoms with van der Waals surface area (Å²) >= 11 is 3.38. The van der Waals surface area contributed by atoms with Crippen molar-refractivity contribution >= 4 is 32.9 Å². The van der Waals surface area contributed by atoms with Crippen LogP contribution in [0.3, 0.4) is 0 Å². The second-order valence-corrected chi connectivity index (χ2v) is 11.7. The van der Waals surface area contributed by atoms with Crippen LogP contribution >= 0.6 is 15.9 Å². The van der Waals surface area contributed by atoms with Gasteiger partial charge < -0.3 is 9.47 Å². The van der Waals surface area contributed by atoms with Crippen molar-refractivity contribution < 1.29 is 23.0 Å². The summed E-state index contributed by atoms with van der Waals surface area (Å²) in [5, 5.41) is 0. The van der Waals surface area contributed by atoms with Gasteiger partial charge in [-0.3, -0.25) is 9.36 Å². The number of esters is 1. The summed E-state index contributed by atoms with van der Waals surface area (Å²) in [6.07, 6.45) is 2.35. The second kappa shape index (κ2) is 12.7. The Morgan fingerprint density at radius 1 is 0.907 bits per heavy atom. The number of hydrogen-bond donors (Lipinski definition) is 0. The number of aromatic nitrogens is 2. The van der Waals surface area contributed by atoms with Gasteiger partial charge in [-0.25, -0.2) is 8.78 Å². The normalized spacial score (nSPS) is 16.7. The van der Waals surface area contributed by atoms with E-state index in [1.807, 2.05) is 42.5 Å². The minimum atomic E-state index is -0.730. The predicted octanol–water partition coefficient (Wildman–Crippen LogP) is 8.96. The highest BCUT2D eigenvalue weighted by molar-refractivity contribution is 9.10. The van der Waals surface area contributed by atoms with Crippen LogP contribution in [0.5, 0.6) is 6.01 Å². The van der Waals surface area contributed by atoms with Crippen LogP contribution < -0.4 is 4.74 Å². The summed E-state index contributed by atoms with van der Waals surface area (Å²) in [5.74, 6) is -1.73. The van der Waals surface area contributed by atoms with Crippen molar-refractivity contribution in [1.29, 1.82) is 0 Å². The van der Waals surface area contributed by atoms with Crippen molar-refractivity contribution in [3.63, 3.8) is 0 Å². The molecule has 0 saturated heterocycles. The van der Waals surface area contributed by atoms with Crippen LogP contribution in [0, 0.1) is 17.6 Å². The lowest BCUT2D eigenvalue weighted by Crippen LogP contribution is -2.29. The van der Waals surface area contributed by atoms with Crippen LogP contribution in [0.15, 0.2) is 89.4 Å². The lowest BCUT2D eigenvalue weighted by Gasteiger charge is -2.27. The lowest BCUT2D eigenvalue weighted by molar-refractivity contribution is -0.149. The van der Waals surface area contributed by atoms with Gasteiger partial charge in [-0.1, -0.05) is 82.7 Å². The van der Waals surface area contributed by atoms with Gasteiger partial charge >= 0.3 is 5.97 Å². The average Bonchev–Trinajstić information content (AvgIpc) is 3.35. The summed E-state index contributed by atoms with van der Waals surface area (Å²) in [5.41, 5.74) is 3.78. The van der Waals surface area contributed by atoms with Crippen molar-refractivity contribution in [2.45, 2.75) is 45.3 Å². The van der Waals surface area contributed by atoms with Gasteiger partial charge in [-0.05, 0) is 67.0 Å². The molecular formula is C35H31BrF2N2O3. The third kappa shape index (κ3) is 6.20. The predicted molar refractivity (Wildman–Crippen MR) is 167 cm³/mol. The summed E-state index contributed by atoms with van der Waals surface area (Å²) in [6.45, 7) is 2.47. The van der Waals surface area contributed by atoms with Gasteiger partial charge in [0.15, 0.2) is 5.82 Å². The van der Waals surface area contributed by atoms with E-state index in [1.165, 1.54) is 6.07 Å². The van der Waals surface area contributed by atoms with Crippen molar-refractivity contribution in [2.75, 3.05) is 6.61 Å². The van der Waals surface area contributed by atoms with E-state index >= 15 is 8.78 Å². The zero-order valence-electron chi connectivity index (χ0n) is 23.7. The molecule has 43 heavy (non-hydrogen) atoms. The molecule has 4 aromatic carbocycles. The molecule has 1 aliphatic carbocycles. The number of imidazole rings is 1. The maximum atomic E-state index is 16.0. The second-order valence-electron chi connectivity index (χ2n) is 10.8. The number of nitrogens with zero attached hydrogens (tertiary/aromatic N) is 2. The fourth-order valence-corrected chi connectivity index (χ4v) is 6.00. The van der Waals surface area contributed by atoms with Crippen molar-refractivity contribution in [3.05, 3.63) is 107 Å². The third-order valence-electron chi connectivity index (χ3n) is 8.00. The van der Waals surface area contributed by atoms with Gasteiger partial charge in [0.1, 0.15) is 17.4 Å². The van der Waals surface area contributed by atoms with Gasteiger partial charge in [0.25, 0.3) is 6.01 Å². The van der Waals surface area contributed by atoms with Crippen LogP contribution in [-0.4, -0.2) is 28.2 Å². The Kier molecular flexibility index (Phi) is 8.56. The molecule has 1 saturated carbocycles. The van der Waals surface area contributed by atoms with Crippen molar-refractivity contribution in [2.24, 2.45) is 5.92 Å². The van der Waals surface area contributed by atoms with E-state index in [1.54, 1.807) is 35.8 Å². The molecule has 0 unspecified atom stereocenters. The molecule has 0 radical (unpaired) electrons. The smallest absolute Gasteiger partial charge is 0.308 e. The topological polar surface area (TPSA) is 53.4 Å².